The number of benzene rings is 1. The van der Waals surface area contributed by atoms with E-state index >= 15 is 0 Å². The molecule has 0 aliphatic heterocycles. The summed E-state index contributed by atoms with van der Waals surface area (Å²) in [5, 5.41) is 21.9. The van der Waals surface area contributed by atoms with Gasteiger partial charge in [0.1, 0.15) is 17.0 Å². The average molecular weight is 539 g/mol. The first-order valence-corrected chi connectivity index (χ1v) is 12.4. The second-order valence-electron chi connectivity index (χ2n) is 7.05. The number of esters is 1. The van der Waals surface area contributed by atoms with Crippen molar-refractivity contribution in [3.05, 3.63) is 67.2 Å². The molecule has 0 saturated carbocycles. The zero-order valence-corrected chi connectivity index (χ0v) is 20.9. The van der Waals surface area contributed by atoms with E-state index in [1.807, 2.05) is 13.8 Å². The molecule has 0 fully saturated rings. The molecular weight excluding hydrogens is 520 g/mol. The molecule has 0 aliphatic carbocycles. The molecule has 0 atom stereocenters. The van der Waals surface area contributed by atoms with Gasteiger partial charge in [0.25, 0.3) is 5.69 Å². The van der Waals surface area contributed by atoms with Crippen LogP contribution in [0.4, 0.5) is 10.8 Å². The molecule has 2 aromatic heterocycles. The van der Waals surface area contributed by atoms with E-state index in [0.717, 1.165) is 31.2 Å². The number of carbonyl (C=O) groups is 2. The second-order valence-corrected chi connectivity index (χ2v) is 9.66. The molecule has 184 valence electrons. The molecule has 35 heavy (non-hydrogen) atoms. The number of ether oxygens (including phenoxy) is 1. The molecule has 0 unspecified atom stereocenters. The number of nitro benzene ring substituents is 1. The van der Waals surface area contributed by atoms with Crippen LogP contribution in [0.1, 0.15) is 42.8 Å². The zero-order valence-electron chi connectivity index (χ0n) is 18.5. The summed E-state index contributed by atoms with van der Waals surface area (Å²) in [7, 11) is 0. The number of anilines is 1. The average Bonchev–Trinajstić information content (AvgIpc) is 3.27. The van der Waals surface area contributed by atoms with E-state index < -0.39 is 22.0 Å². The molecule has 1 aromatic carbocycles. The van der Waals surface area contributed by atoms with E-state index in [1.165, 1.54) is 35.2 Å². The van der Waals surface area contributed by atoms with Gasteiger partial charge in [0.15, 0.2) is 4.34 Å². The molecule has 0 spiro atoms. The Balaban J connectivity index is 1.60. The molecule has 0 bridgehead atoms. The zero-order chi connectivity index (χ0) is 25.5. The van der Waals surface area contributed by atoms with Crippen molar-refractivity contribution in [1.29, 1.82) is 0 Å². The Hall–Kier alpha value is -3.29. The minimum atomic E-state index is -0.976. The van der Waals surface area contributed by atoms with Gasteiger partial charge >= 0.3 is 5.97 Å². The van der Waals surface area contributed by atoms with Crippen molar-refractivity contribution in [2.24, 2.45) is 5.92 Å². The van der Waals surface area contributed by atoms with Gasteiger partial charge in [-0.2, -0.15) is 0 Å². The maximum atomic E-state index is 12.3. The predicted molar refractivity (Wildman–Crippen MR) is 130 cm³/mol. The molecule has 0 aliphatic rings. The minimum absolute atomic E-state index is 0.0910. The standard InChI is InChI=1S/C21H19ClN4O7S2/c1-3-11(4-2)18(28)23-20-24-25-21(35-20)34-10-13-8-16(27)17(9-32-13)33-19(29)12-5-6-14(22)15(7-12)26(30)31/h5-9,11H,3-4,10H2,1-2H3,(H,23,24,28). The van der Waals surface area contributed by atoms with E-state index in [-0.39, 0.29) is 33.9 Å². The highest BCUT2D eigenvalue weighted by Gasteiger charge is 2.19. The fraction of sp³-hybridized carbons (Fsp3) is 0.286. The fourth-order valence-electron chi connectivity index (χ4n) is 2.85. The smallest absolute Gasteiger partial charge is 0.344 e. The maximum absolute atomic E-state index is 12.3. The molecule has 2 heterocycles. The van der Waals surface area contributed by atoms with E-state index in [1.54, 1.807) is 0 Å². The van der Waals surface area contributed by atoms with Crippen LogP contribution in [0.2, 0.25) is 5.02 Å². The van der Waals surface area contributed by atoms with E-state index in [9.17, 15) is 24.5 Å². The normalized spacial score (nSPS) is 10.9. The molecule has 0 saturated heterocycles. The Labute approximate surface area is 212 Å². The van der Waals surface area contributed by atoms with Crippen LogP contribution >= 0.6 is 34.7 Å². The van der Waals surface area contributed by atoms with Crippen LogP contribution < -0.4 is 15.5 Å². The van der Waals surface area contributed by atoms with Crippen molar-refractivity contribution in [2.75, 3.05) is 5.32 Å². The number of amides is 1. The number of rotatable bonds is 10. The van der Waals surface area contributed by atoms with Gasteiger partial charge < -0.3 is 14.5 Å². The highest BCUT2D eigenvalue weighted by Crippen LogP contribution is 2.29. The summed E-state index contributed by atoms with van der Waals surface area (Å²) in [6.45, 7) is 3.89. The van der Waals surface area contributed by atoms with Crippen molar-refractivity contribution in [3.8, 4) is 5.75 Å². The van der Waals surface area contributed by atoms with Crippen LogP contribution in [0, 0.1) is 16.0 Å². The SMILES string of the molecule is CCC(CC)C(=O)Nc1nnc(SCc2cc(=O)c(OC(=O)c3ccc(Cl)c([N+](=O)[O-])c3)co2)s1. The lowest BCUT2D eigenvalue weighted by molar-refractivity contribution is -0.384. The van der Waals surface area contributed by atoms with E-state index in [0.29, 0.717) is 15.2 Å². The Kier molecular flexibility index (Phi) is 8.95. The van der Waals surface area contributed by atoms with Crippen LogP contribution in [0.5, 0.6) is 5.75 Å². The maximum Gasteiger partial charge on any atom is 0.344 e. The van der Waals surface area contributed by atoms with Gasteiger partial charge in [-0.1, -0.05) is 48.5 Å². The number of nitro groups is 1. The largest absolute Gasteiger partial charge is 0.464 e. The molecule has 3 aromatic rings. The van der Waals surface area contributed by atoms with Gasteiger partial charge in [0.05, 0.1) is 16.2 Å². The third kappa shape index (κ3) is 6.87. The van der Waals surface area contributed by atoms with Gasteiger partial charge in [-0.3, -0.25) is 19.7 Å². The fourth-order valence-corrected chi connectivity index (χ4v) is 4.68. The second kappa shape index (κ2) is 11.9. The summed E-state index contributed by atoms with van der Waals surface area (Å²) < 4.78 is 11.0. The summed E-state index contributed by atoms with van der Waals surface area (Å²) in [5.74, 6) is -1.01. The lowest BCUT2D eigenvalue weighted by Gasteiger charge is -2.09. The number of nitrogens with one attached hydrogen (secondary N) is 1. The number of nitrogens with zero attached hydrogens (tertiary/aromatic N) is 3. The van der Waals surface area contributed by atoms with Crippen LogP contribution in [-0.4, -0.2) is 27.0 Å². The Morgan fingerprint density at radius 2 is 2.03 bits per heavy atom. The predicted octanol–water partition coefficient (Wildman–Crippen LogP) is 4.94. The lowest BCUT2D eigenvalue weighted by Crippen LogP contribution is -2.21. The number of thioether (sulfide) groups is 1. The van der Waals surface area contributed by atoms with Crippen LogP contribution in [-0.2, 0) is 10.5 Å². The molecule has 14 heteroatoms. The van der Waals surface area contributed by atoms with Crippen LogP contribution in [0.15, 0.2) is 44.1 Å². The van der Waals surface area contributed by atoms with Gasteiger partial charge in [0, 0.05) is 18.1 Å². The van der Waals surface area contributed by atoms with Crippen LogP contribution in [0.3, 0.4) is 0 Å². The summed E-state index contributed by atoms with van der Waals surface area (Å²) in [5.41, 5.74) is -1.22. The summed E-state index contributed by atoms with van der Waals surface area (Å²) in [4.78, 5) is 47.0. The third-order valence-electron chi connectivity index (χ3n) is 4.76. The molecule has 0 radical (unpaired) electrons. The summed E-state index contributed by atoms with van der Waals surface area (Å²) in [6.07, 6.45) is 2.45. The Morgan fingerprint density at radius 3 is 2.69 bits per heavy atom. The van der Waals surface area contributed by atoms with Gasteiger partial charge in [-0.15, -0.1) is 10.2 Å². The number of aromatic nitrogens is 2. The lowest BCUT2D eigenvalue weighted by atomic mass is 10.0. The van der Waals surface area contributed by atoms with Crippen molar-refractivity contribution in [1.82, 2.24) is 10.2 Å². The summed E-state index contributed by atoms with van der Waals surface area (Å²) >= 11 is 8.18. The topological polar surface area (TPSA) is 155 Å². The molecule has 1 amide bonds. The first-order chi connectivity index (χ1) is 16.7. The van der Waals surface area contributed by atoms with Crippen LogP contribution in [0.25, 0.3) is 0 Å². The molecule has 3 rings (SSSR count). The van der Waals surface area contributed by atoms with Crippen molar-refractivity contribution >= 4 is 57.4 Å². The van der Waals surface area contributed by atoms with Crippen molar-refractivity contribution in [3.63, 3.8) is 0 Å². The first kappa shape index (κ1) is 26.3. The van der Waals surface area contributed by atoms with Gasteiger partial charge in [0.2, 0.25) is 22.2 Å². The molecule has 1 N–H and O–H groups in total. The number of halogens is 1. The third-order valence-corrected chi connectivity index (χ3v) is 7.08. The highest BCUT2D eigenvalue weighted by atomic mass is 35.5. The van der Waals surface area contributed by atoms with Crippen molar-refractivity contribution in [2.45, 2.75) is 36.8 Å². The Bertz CT molecular complexity index is 1310. The van der Waals surface area contributed by atoms with E-state index in [2.05, 4.69) is 15.5 Å². The number of carbonyl (C=O) groups excluding carboxylic acids is 2. The van der Waals surface area contributed by atoms with Gasteiger partial charge in [-0.05, 0) is 25.0 Å². The van der Waals surface area contributed by atoms with Crippen molar-refractivity contribution < 1.29 is 23.7 Å². The first-order valence-electron chi connectivity index (χ1n) is 10.3. The quantitative estimate of drug-likeness (QED) is 0.123. The van der Waals surface area contributed by atoms with Gasteiger partial charge in [-0.25, -0.2) is 4.79 Å². The number of hydrogen-bond acceptors (Lipinski definition) is 11. The Morgan fingerprint density at radius 1 is 1.29 bits per heavy atom. The molecular formula is C21H19ClN4O7S2. The van der Waals surface area contributed by atoms with E-state index in [4.69, 9.17) is 20.8 Å². The monoisotopic (exact) mass is 538 g/mol. The molecule has 11 nitrogen and oxygen atoms in total. The minimum Gasteiger partial charge on any atom is -0.464 e. The highest BCUT2D eigenvalue weighted by molar-refractivity contribution is 8.00. The summed E-state index contributed by atoms with van der Waals surface area (Å²) in [6, 6.07) is 4.56. The number of hydrogen-bond donors (Lipinski definition) is 1.